The van der Waals surface area contributed by atoms with E-state index in [1.54, 1.807) is 11.3 Å². The number of carbonyl (C=O) groups excluding carboxylic acids is 1. The highest BCUT2D eigenvalue weighted by atomic mass is 32.1. The Morgan fingerprint density at radius 2 is 2.38 bits per heavy atom. The van der Waals surface area contributed by atoms with Crippen LogP contribution in [0.2, 0.25) is 0 Å². The third-order valence-corrected chi connectivity index (χ3v) is 3.64. The van der Waals surface area contributed by atoms with Gasteiger partial charge < -0.3 is 10.5 Å². The Morgan fingerprint density at radius 3 is 2.94 bits per heavy atom. The highest BCUT2D eigenvalue weighted by Crippen LogP contribution is 2.10. The molecule has 0 amide bonds. The van der Waals surface area contributed by atoms with Crippen molar-refractivity contribution in [3.05, 3.63) is 22.4 Å². The fraction of sp³-hybridized carbons (Fsp3) is 0.583. The Morgan fingerprint density at radius 1 is 1.62 bits per heavy atom. The second kappa shape index (κ2) is 6.66. The fourth-order valence-corrected chi connectivity index (χ4v) is 1.98. The number of rotatable bonds is 6. The molecule has 0 aliphatic rings. The maximum atomic E-state index is 11.5. The third-order valence-electron chi connectivity index (χ3n) is 2.70. The molecule has 16 heavy (non-hydrogen) atoms. The summed E-state index contributed by atoms with van der Waals surface area (Å²) in [6.07, 6.45) is 1.66. The summed E-state index contributed by atoms with van der Waals surface area (Å²) in [6, 6.07) is 3.54. The van der Waals surface area contributed by atoms with E-state index in [0.717, 1.165) is 12.8 Å². The maximum absolute atomic E-state index is 11.5. The van der Waals surface area contributed by atoms with Gasteiger partial charge in [0.2, 0.25) is 0 Å². The number of ether oxygens (including phenoxy) is 1. The van der Waals surface area contributed by atoms with Crippen molar-refractivity contribution in [1.82, 2.24) is 0 Å². The van der Waals surface area contributed by atoms with E-state index >= 15 is 0 Å². The monoisotopic (exact) mass is 241 g/mol. The zero-order valence-corrected chi connectivity index (χ0v) is 10.6. The van der Waals surface area contributed by atoms with Crippen LogP contribution in [0.15, 0.2) is 17.5 Å². The number of nitrogens with two attached hydrogens (primary N) is 1. The first-order valence-electron chi connectivity index (χ1n) is 5.59. The van der Waals surface area contributed by atoms with Gasteiger partial charge in [-0.15, -0.1) is 11.3 Å². The van der Waals surface area contributed by atoms with Crippen molar-refractivity contribution in [3.8, 4) is 0 Å². The minimum atomic E-state index is -0.492. The first-order chi connectivity index (χ1) is 7.65. The lowest BCUT2D eigenvalue weighted by Gasteiger charge is -2.16. The summed E-state index contributed by atoms with van der Waals surface area (Å²) in [6.45, 7) is 4.40. The molecule has 2 N–H and O–H groups in total. The molecule has 0 bridgehead atoms. The van der Waals surface area contributed by atoms with Crippen LogP contribution in [0.4, 0.5) is 0 Å². The lowest BCUT2D eigenvalue weighted by molar-refractivity contribution is -0.146. The molecule has 3 nitrogen and oxygen atoms in total. The predicted octanol–water partition coefficient (Wildman–Crippen LogP) is 2.21. The van der Waals surface area contributed by atoms with Crippen molar-refractivity contribution in [2.24, 2.45) is 11.7 Å². The summed E-state index contributed by atoms with van der Waals surface area (Å²) in [5.41, 5.74) is 5.76. The van der Waals surface area contributed by atoms with E-state index in [1.807, 2.05) is 31.4 Å². The summed E-state index contributed by atoms with van der Waals surface area (Å²) in [5, 5.41) is 2.02. The Hall–Kier alpha value is -0.870. The molecular weight excluding hydrogens is 222 g/mol. The Balaban J connectivity index is 2.24. The predicted molar refractivity (Wildman–Crippen MR) is 66.4 cm³/mol. The van der Waals surface area contributed by atoms with Crippen molar-refractivity contribution < 1.29 is 9.53 Å². The minimum Gasteiger partial charge on any atom is -0.464 e. The molecule has 2 atom stereocenters. The molecule has 0 fully saturated rings. The molecule has 4 heteroatoms. The SMILES string of the molecule is CC[C@H](C)[C@H](N)C(=O)OCCc1cccs1. The van der Waals surface area contributed by atoms with Crippen LogP contribution >= 0.6 is 11.3 Å². The molecule has 1 aromatic heterocycles. The van der Waals surface area contributed by atoms with Crippen LogP contribution in [-0.4, -0.2) is 18.6 Å². The molecule has 0 aliphatic heterocycles. The lowest BCUT2D eigenvalue weighted by atomic mass is 10.0. The van der Waals surface area contributed by atoms with Crippen LogP contribution in [0.1, 0.15) is 25.1 Å². The summed E-state index contributed by atoms with van der Waals surface area (Å²) in [5.74, 6) is -0.111. The first kappa shape index (κ1) is 13.2. The molecular formula is C12H19NO2S. The minimum absolute atomic E-state index is 0.175. The van der Waals surface area contributed by atoms with Crippen LogP contribution in [-0.2, 0) is 16.0 Å². The molecule has 0 aliphatic carbocycles. The molecule has 0 unspecified atom stereocenters. The molecule has 0 spiro atoms. The van der Waals surface area contributed by atoms with Crippen molar-refractivity contribution >= 4 is 17.3 Å². The molecule has 1 heterocycles. The van der Waals surface area contributed by atoms with Gasteiger partial charge in [-0.2, -0.15) is 0 Å². The van der Waals surface area contributed by atoms with Crippen LogP contribution < -0.4 is 5.73 Å². The average Bonchev–Trinajstić information content (AvgIpc) is 2.79. The smallest absolute Gasteiger partial charge is 0.323 e. The van der Waals surface area contributed by atoms with Gasteiger partial charge in [-0.05, 0) is 17.4 Å². The lowest BCUT2D eigenvalue weighted by Crippen LogP contribution is -2.38. The molecule has 0 radical (unpaired) electrons. The van der Waals surface area contributed by atoms with Crippen LogP contribution in [0.5, 0.6) is 0 Å². The van der Waals surface area contributed by atoms with E-state index in [2.05, 4.69) is 0 Å². The second-order valence-electron chi connectivity index (χ2n) is 3.91. The van der Waals surface area contributed by atoms with Crippen molar-refractivity contribution in [2.75, 3.05) is 6.61 Å². The molecule has 0 saturated carbocycles. The summed E-state index contributed by atoms with van der Waals surface area (Å²) in [4.78, 5) is 12.8. The Bertz CT molecular complexity index is 311. The van der Waals surface area contributed by atoms with E-state index in [9.17, 15) is 4.79 Å². The average molecular weight is 241 g/mol. The van der Waals surface area contributed by atoms with Gasteiger partial charge in [0.25, 0.3) is 0 Å². The number of carbonyl (C=O) groups is 1. The van der Waals surface area contributed by atoms with Crippen LogP contribution in [0.25, 0.3) is 0 Å². The van der Waals surface area contributed by atoms with Gasteiger partial charge in [-0.25, -0.2) is 0 Å². The highest BCUT2D eigenvalue weighted by molar-refractivity contribution is 7.09. The molecule has 1 aromatic rings. The topological polar surface area (TPSA) is 52.3 Å². The van der Waals surface area contributed by atoms with E-state index < -0.39 is 6.04 Å². The summed E-state index contributed by atoms with van der Waals surface area (Å²) >= 11 is 1.67. The number of hydrogen-bond acceptors (Lipinski definition) is 4. The zero-order chi connectivity index (χ0) is 12.0. The number of esters is 1. The summed E-state index contributed by atoms with van der Waals surface area (Å²) in [7, 11) is 0. The van der Waals surface area contributed by atoms with E-state index in [4.69, 9.17) is 10.5 Å². The zero-order valence-electron chi connectivity index (χ0n) is 9.81. The first-order valence-corrected chi connectivity index (χ1v) is 6.47. The Labute approximate surface area is 101 Å². The van der Waals surface area contributed by atoms with Crippen LogP contribution in [0.3, 0.4) is 0 Å². The van der Waals surface area contributed by atoms with Crippen molar-refractivity contribution in [2.45, 2.75) is 32.7 Å². The highest BCUT2D eigenvalue weighted by Gasteiger charge is 2.20. The maximum Gasteiger partial charge on any atom is 0.323 e. The van der Waals surface area contributed by atoms with E-state index in [0.29, 0.717) is 6.61 Å². The van der Waals surface area contributed by atoms with Gasteiger partial charge in [0.15, 0.2) is 0 Å². The quantitative estimate of drug-likeness (QED) is 0.777. The van der Waals surface area contributed by atoms with Crippen molar-refractivity contribution in [3.63, 3.8) is 0 Å². The van der Waals surface area contributed by atoms with Crippen molar-refractivity contribution in [1.29, 1.82) is 0 Å². The molecule has 0 aromatic carbocycles. The second-order valence-corrected chi connectivity index (χ2v) is 4.94. The molecule has 90 valence electrons. The van der Waals surface area contributed by atoms with Gasteiger partial charge in [0.1, 0.15) is 6.04 Å². The summed E-state index contributed by atoms with van der Waals surface area (Å²) < 4.78 is 5.14. The van der Waals surface area contributed by atoms with E-state index in [-0.39, 0.29) is 11.9 Å². The fourth-order valence-electron chi connectivity index (χ4n) is 1.29. The van der Waals surface area contributed by atoms with Gasteiger partial charge in [-0.3, -0.25) is 4.79 Å². The standard InChI is InChI=1S/C12H19NO2S/c1-3-9(2)11(13)12(14)15-7-6-10-5-4-8-16-10/h4-5,8-9,11H,3,6-7,13H2,1-2H3/t9-,11-/m0/s1. The van der Waals surface area contributed by atoms with E-state index in [1.165, 1.54) is 4.88 Å². The molecule has 1 rings (SSSR count). The third kappa shape index (κ3) is 3.94. The van der Waals surface area contributed by atoms with Gasteiger partial charge in [0, 0.05) is 11.3 Å². The normalized spacial score (nSPS) is 14.4. The Kier molecular flexibility index (Phi) is 5.49. The van der Waals surface area contributed by atoms with Gasteiger partial charge in [-0.1, -0.05) is 26.3 Å². The largest absolute Gasteiger partial charge is 0.464 e. The number of thiophene rings is 1. The molecule has 0 saturated heterocycles. The van der Waals surface area contributed by atoms with Gasteiger partial charge in [0.05, 0.1) is 6.61 Å². The van der Waals surface area contributed by atoms with Crippen LogP contribution in [0, 0.1) is 5.92 Å². The number of hydrogen-bond donors (Lipinski definition) is 1. The van der Waals surface area contributed by atoms with Gasteiger partial charge >= 0.3 is 5.97 Å².